The van der Waals surface area contributed by atoms with Crippen LogP contribution in [-0.2, 0) is 19.1 Å². The van der Waals surface area contributed by atoms with Gasteiger partial charge in [-0.15, -0.1) is 0 Å². The number of amides is 2. The molecular formula is C17H32N2O6. The van der Waals surface area contributed by atoms with Crippen molar-refractivity contribution in [3.63, 3.8) is 0 Å². The summed E-state index contributed by atoms with van der Waals surface area (Å²) in [5.74, 6) is -1.18. The van der Waals surface area contributed by atoms with Crippen LogP contribution in [0.3, 0.4) is 0 Å². The van der Waals surface area contributed by atoms with E-state index in [1.54, 1.807) is 41.5 Å². The molecule has 0 rings (SSSR count). The van der Waals surface area contributed by atoms with E-state index in [-0.39, 0.29) is 0 Å². The van der Waals surface area contributed by atoms with Crippen molar-refractivity contribution >= 4 is 18.0 Å². The number of esters is 1. The molecular weight excluding hydrogens is 328 g/mol. The van der Waals surface area contributed by atoms with Gasteiger partial charge in [0, 0.05) is 6.54 Å². The van der Waals surface area contributed by atoms with Gasteiger partial charge in [0.1, 0.15) is 23.9 Å². The lowest BCUT2D eigenvalue weighted by molar-refractivity contribution is -0.159. The second kappa shape index (κ2) is 10.2. The topological polar surface area (TPSA) is 114 Å². The Labute approximate surface area is 149 Å². The molecule has 0 radical (unpaired) electrons. The Bertz CT molecular complexity index is 451. The van der Waals surface area contributed by atoms with Crippen molar-refractivity contribution in [2.24, 2.45) is 0 Å². The molecule has 0 aromatic carbocycles. The van der Waals surface area contributed by atoms with Gasteiger partial charge in [-0.3, -0.25) is 4.79 Å². The van der Waals surface area contributed by atoms with Gasteiger partial charge in [-0.2, -0.15) is 0 Å². The van der Waals surface area contributed by atoms with Crippen LogP contribution in [0.1, 0.15) is 60.8 Å². The van der Waals surface area contributed by atoms with Gasteiger partial charge in [0.2, 0.25) is 5.91 Å². The van der Waals surface area contributed by atoms with E-state index in [1.807, 2.05) is 0 Å². The molecule has 0 aliphatic rings. The minimum atomic E-state index is -0.833. The lowest BCUT2D eigenvalue weighted by atomic mass is 10.1. The molecule has 0 unspecified atom stereocenters. The van der Waals surface area contributed by atoms with Crippen molar-refractivity contribution in [1.82, 2.24) is 10.6 Å². The van der Waals surface area contributed by atoms with E-state index >= 15 is 0 Å². The summed E-state index contributed by atoms with van der Waals surface area (Å²) >= 11 is 0. The van der Waals surface area contributed by atoms with Gasteiger partial charge in [0.25, 0.3) is 0 Å². The van der Waals surface area contributed by atoms with Crippen LogP contribution in [0.25, 0.3) is 0 Å². The Morgan fingerprint density at radius 1 is 0.960 bits per heavy atom. The molecule has 0 saturated heterocycles. The Balaban J connectivity index is 4.32. The van der Waals surface area contributed by atoms with Crippen LogP contribution < -0.4 is 10.6 Å². The first-order valence-corrected chi connectivity index (χ1v) is 8.44. The Morgan fingerprint density at radius 3 is 2.00 bits per heavy atom. The predicted octanol–water partition coefficient (Wildman–Crippen LogP) is 1.50. The number of alkyl carbamates (subject to hydrolysis) is 1. The number of unbranched alkanes of at least 4 members (excludes halogenated alkanes) is 1. The van der Waals surface area contributed by atoms with Crippen LogP contribution in [0, 0.1) is 0 Å². The monoisotopic (exact) mass is 360 g/mol. The van der Waals surface area contributed by atoms with Gasteiger partial charge in [-0.1, -0.05) is 0 Å². The van der Waals surface area contributed by atoms with E-state index in [0.29, 0.717) is 25.8 Å². The third-order valence-electron chi connectivity index (χ3n) is 2.76. The molecule has 25 heavy (non-hydrogen) atoms. The van der Waals surface area contributed by atoms with Gasteiger partial charge < -0.3 is 25.2 Å². The number of ether oxygens (including phenoxy) is 2. The Morgan fingerprint density at radius 2 is 1.52 bits per heavy atom. The van der Waals surface area contributed by atoms with E-state index in [4.69, 9.17) is 14.6 Å². The standard InChI is InChI=1S/C17H32N2O6/c1-16(2,3)24-14(22)12(19-13(21)11-20)9-7-8-10-18-15(23)25-17(4,5)6/h12,20H,7-11H2,1-6H3,(H,18,23)(H,19,21)/t12-/m0/s1. The number of aliphatic hydroxyl groups is 1. The summed E-state index contributed by atoms with van der Waals surface area (Å²) in [4.78, 5) is 35.0. The molecule has 146 valence electrons. The average Bonchev–Trinajstić information content (AvgIpc) is 2.41. The SMILES string of the molecule is CC(C)(C)OC(=O)NCCCC[C@H](NC(=O)CO)C(=O)OC(C)(C)C. The molecule has 8 nitrogen and oxygen atoms in total. The lowest BCUT2D eigenvalue weighted by Gasteiger charge is -2.24. The molecule has 1 atom stereocenters. The molecule has 0 aliphatic carbocycles. The molecule has 0 heterocycles. The van der Waals surface area contributed by atoms with Crippen molar-refractivity contribution < 1.29 is 29.0 Å². The molecule has 0 aromatic rings. The first-order chi connectivity index (χ1) is 11.3. The van der Waals surface area contributed by atoms with Crippen molar-refractivity contribution in [1.29, 1.82) is 0 Å². The molecule has 0 bridgehead atoms. The lowest BCUT2D eigenvalue weighted by Crippen LogP contribution is -2.45. The van der Waals surface area contributed by atoms with Crippen LogP contribution in [0.15, 0.2) is 0 Å². The molecule has 2 amide bonds. The summed E-state index contributed by atoms with van der Waals surface area (Å²) in [6, 6.07) is -0.833. The maximum absolute atomic E-state index is 12.1. The second-order valence-corrected chi connectivity index (χ2v) is 7.74. The molecule has 0 aromatic heterocycles. The molecule has 0 fully saturated rings. The van der Waals surface area contributed by atoms with Crippen LogP contribution in [-0.4, -0.2) is 53.5 Å². The highest BCUT2D eigenvalue weighted by atomic mass is 16.6. The van der Waals surface area contributed by atoms with Crippen molar-refractivity contribution in [2.45, 2.75) is 78.0 Å². The number of rotatable bonds is 8. The number of carbonyl (C=O) groups is 3. The highest BCUT2D eigenvalue weighted by molar-refractivity contribution is 5.85. The molecule has 8 heteroatoms. The zero-order valence-electron chi connectivity index (χ0n) is 16.1. The van der Waals surface area contributed by atoms with E-state index < -0.39 is 41.8 Å². The molecule has 0 saturated carbocycles. The summed E-state index contributed by atoms with van der Waals surface area (Å²) in [5.41, 5.74) is -1.22. The number of carbonyl (C=O) groups excluding carboxylic acids is 3. The summed E-state index contributed by atoms with van der Waals surface area (Å²) in [6.45, 7) is 10.2. The summed E-state index contributed by atoms with van der Waals surface area (Å²) in [5, 5.41) is 13.9. The largest absolute Gasteiger partial charge is 0.458 e. The van der Waals surface area contributed by atoms with E-state index in [2.05, 4.69) is 10.6 Å². The van der Waals surface area contributed by atoms with Crippen molar-refractivity contribution in [3.05, 3.63) is 0 Å². The normalized spacial score (nSPS) is 12.9. The van der Waals surface area contributed by atoms with E-state index in [9.17, 15) is 14.4 Å². The summed E-state index contributed by atoms with van der Waals surface area (Å²) in [7, 11) is 0. The van der Waals surface area contributed by atoms with Gasteiger partial charge in [0.15, 0.2) is 0 Å². The number of hydrogen-bond donors (Lipinski definition) is 3. The Kier molecular flexibility index (Phi) is 9.48. The fourth-order valence-electron chi connectivity index (χ4n) is 1.84. The summed E-state index contributed by atoms with van der Waals surface area (Å²) < 4.78 is 10.4. The second-order valence-electron chi connectivity index (χ2n) is 7.74. The zero-order chi connectivity index (χ0) is 19.7. The molecule has 0 spiro atoms. The quantitative estimate of drug-likeness (QED) is 0.446. The van der Waals surface area contributed by atoms with Crippen molar-refractivity contribution in [3.8, 4) is 0 Å². The minimum Gasteiger partial charge on any atom is -0.458 e. The van der Waals surface area contributed by atoms with E-state index in [1.165, 1.54) is 0 Å². The maximum atomic E-state index is 12.1. The van der Waals surface area contributed by atoms with Gasteiger partial charge in [0.05, 0.1) is 0 Å². The van der Waals surface area contributed by atoms with Crippen LogP contribution in [0.5, 0.6) is 0 Å². The third-order valence-corrected chi connectivity index (χ3v) is 2.76. The average molecular weight is 360 g/mol. The fourth-order valence-corrected chi connectivity index (χ4v) is 1.84. The molecule has 0 aliphatic heterocycles. The van der Waals surface area contributed by atoms with E-state index in [0.717, 1.165) is 0 Å². The number of nitrogens with one attached hydrogen (secondary N) is 2. The van der Waals surface area contributed by atoms with Gasteiger partial charge in [-0.25, -0.2) is 9.59 Å². The first-order valence-electron chi connectivity index (χ1n) is 8.44. The Hall–Kier alpha value is -1.83. The fraction of sp³-hybridized carbons (Fsp3) is 0.824. The molecule has 3 N–H and O–H groups in total. The smallest absolute Gasteiger partial charge is 0.407 e. The van der Waals surface area contributed by atoms with Crippen LogP contribution in [0.4, 0.5) is 4.79 Å². The predicted molar refractivity (Wildman–Crippen MR) is 92.9 cm³/mol. The third kappa shape index (κ3) is 13.2. The number of hydrogen-bond acceptors (Lipinski definition) is 6. The van der Waals surface area contributed by atoms with Gasteiger partial charge in [-0.05, 0) is 60.8 Å². The highest BCUT2D eigenvalue weighted by Crippen LogP contribution is 2.11. The van der Waals surface area contributed by atoms with Gasteiger partial charge >= 0.3 is 12.1 Å². The van der Waals surface area contributed by atoms with Crippen LogP contribution >= 0.6 is 0 Å². The maximum Gasteiger partial charge on any atom is 0.407 e. The minimum absolute atomic E-state index is 0.344. The van der Waals surface area contributed by atoms with Crippen LogP contribution in [0.2, 0.25) is 0 Å². The zero-order valence-corrected chi connectivity index (χ0v) is 16.1. The highest BCUT2D eigenvalue weighted by Gasteiger charge is 2.26. The first kappa shape index (κ1) is 23.2. The van der Waals surface area contributed by atoms with Crippen molar-refractivity contribution in [2.75, 3.05) is 13.2 Å². The summed E-state index contributed by atoms with van der Waals surface area (Å²) in [6.07, 6.45) is 1.03. The number of aliphatic hydroxyl groups excluding tert-OH is 1.